The molecule has 0 spiro atoms. The minimum absolute atomic E-state index is 0.278. The number of benzene rings is 3. The first-order valence-corrected chi connectivity index (χ1v) is 15.3. The molecule has 41 heavy (non-hydrogen) atoms. The smallest absolute Gasteiger partial charge is 0.336 e. The lowest BCUT2D eigenvalue weighted by Crippen LogP contribution is -2.39. The predicted octanol–water partition coefficient (Wildman–Crippen LogP) is 3.60. The number of aryl methyl sites for hydroxylation is 2. The summed E-state index contributed by atoms with van der Waals surface area (Å²) in [5, 5.41) is 26.0. The minimum Gasteiger partial charge on any atom is -0.691 e. The third kappa shape index (κ3) is 5.47. The molecule has 214 valence electrons. The number of carboxylic acids is 1. The summed E-state index contributed by atoms with van der Waals surface area (Å²) in [5.41, 5.74) is 6.38. The monoisotopic (exact) mass is 574 g/mol. The van der Waals surface area contributed by atoms with E-state index < -0.39 is 5.97 Å². The van der Waals surface area contributed by atoms with Crippen LogP contribution in [0.25, 0.3) is 5.57 Å². The number of ether oxygens (including phenoxy) is 1. The van der Waals surface area contributed by atoms with Gasteiger partial charge in [-0.15, -0.1) is 0 Å². The van der Waals surface area contributed by atoms with Crippen LogP contribution in [0.3, 0.4) is 0 Å². The van der Waals surface area contributed by atoms with Gasteiger partial charge in [-0.3, -0.25) is 5.04 Å². The van der Waals surface area contributed by atoms with Crippen molar-refractivity contribution in [2.24, 2.45) is 0 Å². The van der Waals surface area contributed by atoms with E-state index >= 15 is 0 Å². The summed E-state index contributed by atoms with van der Waals surface area (Å²) in [4.78, 5) is 14.7. The lowest BCUT2D eigenvalue weighted by Gasteiger charge is -2.33. The molecule has 0 saturated carbocycles. The molecule has 0 amide bonds. The molecule has 0 fully saturated rings. The lowest BCUT2D eigenvalue weighted by molar-refractivity contribution is -0.777. The van der Waals surface area contributed by atoms with E-state index in [1.165, 1.54) is 16.5 Å². The minimum atomic E-state index is -0.947. The maximum absolute atomic E-state index is 12.4. The summed E-state index contributed by atoms with van der Waals surface area (Å²) < 4.78 is 13.6. The number of nitrogens with zero attached hydrogens (tertiary/aromatic N) is 2. The second kappa shape index (κ2) is 12.2. The average molecular weight is 575 g/mol. The lowest BCUT2D eigenvalue weighted by atomic mass is 9.86. The molecule has 0 unspecified atom stereocenters. The van der Waals surface area contributed by atoms with Gasteiger partial charge in [0.25, 0.3) is 0 Å². The van der Waals surface area contributed by atoms with Crippen molar-refractivity contribution >= 4 is 29.3 Å². The number of rotatable bonds is 10. The maximum atomic E-state index is 12.4. The standard InChI is InChI=1S/C32H34N2O6S/c1-2-3-12-33-13-6-8-21-17-25-29(19-27(21)33)38-30-20-28-22(9-7-14-34(28)15-16-41-40-39-37)18-26(30)31(25)23-10-4-5-11-24(23)32(35)36/h4-5,10-11,17-20H,2-3,6-9,12-16H2,1H3,(H-,35,36,37). The van der Waals surface area contributed by atoms with E-state index in [9.17, 15) is 15.2 Å². The van der Waals surface area contributed by atoms with Crippen molar-refractivity contribution in [3.05, 3.63) is 86.9 Å². The van der Waals surface area contributed by atoms with Crippen LogP contribution in [0.15, 0.2) is 48.5 Å². The van der Waals surface area contributed by atoms with Crippen molar-refractivity contribution in [3.63, 3.8) is 0 Å². The summed E-state index contributed by atoms with van der Waals surface area (Å²) in [6.45, 7) is 5.83. The van der Waals surface area contributed by atoms with Crippen LogP contribution in [0.4, 0.5) is 5.69 Å². The van der Waals surface area contributed by atoms with Crippen molar-refractivity contribution in [3.8, 4) is 11.5 Å². The number of unbranched alkanes of at least 4 members (excludes halogenated alkanes) is 1. The van der Waals surface area contributed by atoms with Crippen LogP contribution < -0.4 is 30.0 Å². The van der Waals surface area contributed by atoms with Crippen LogP contribution in [-0.4, -0.2) is 43.0 Å². The molecule has 0 atom stereocenters. The van der Waals surface area contributed by atoms with Gasteiger partial charge >= 0.3 is 5.97 Å². The normalized spacial score (nSPS) is 15.5. The number of carbonyl (C=O) groups is 1. The summed E-state index contributed by atoms with van der Waals surface area (Å²) >= 11 is 0.990. The molecule has 3 aromatic carbocycles. The number of anilines is 1. The second-order valence-electron chi connectivity index (χ2n) is 10.8. The SMILES string of the molecule is CCCC[N+]1=c2cc3c(cc2CCC1)=C(c1ccccc1C(=O)O)c1cc2c(cc1O3)N(CCSOO[O-])CCC2. The van der Waals surface area contributed by atoms with Gasteiger partial charge in [-0.25, -0.2) is 9.37 Å². The number of carboxylic acid groups (broad SMARTS) is 1. The van der Waals surface area contributed by atoms with Crippen LogP contribution in [0.5, 0.6) is 11.5 Å². The number of aromatic carboxylic acids is 1. The Morgan fingerprint density at radius 1 is 1.10 bits per heavy atom. The third-order valence-electron chi connectivity index (χ3n) is 8.28. The Labute approximate surface area is 243 Å². The van der Waals surface area contributed by atoms with E-state index in [1.807, 2.05) is 12.1 Å². The van der Waals surface area contributed by atoms with Crippen LogP contribution in [0.1, 0.15) is 65.2 Å². The van der Waals surface area contributed by atoms with E-state index in [0.717, 1.165) is 104 Å². The first-order chi connectivity index (χ1) is 20.1. The van der Waals surface area contributed by atoms with Crippen LogP contribution in [-0.2, 0) is 22.2 Å². The zero-order valence-electron chi connectivity index (χ0n) is 23.2. The highest BCUT2D eigenvalue weighted by Gasteiger charge is 2.29. The summed E-state index contributed by atoms with van der Waals surface area (Å²) in [6, 6.07) is 15.9. The van der Waals surface area contributed by atoms with E-state index in [4.69, 9.17) is 4.74 Å². The summed E-state index contributed by atoms with van der Waals surface area (Å²) in [5.74, 6) is 1.11. The van der Waals surface area contributed by atoms with Gasteiger partial charge in [0.2, 0.25) is 5.36 Å². The van der Waals surface area contributed by atoms with Gasteiger partial charge in [-0.2, -0.15) is 4.33 Å². The molecule has 3 aromatic rings. The fourth-order valence-corrected chi connectivity index (χ4v) is 6.80. The van der Waals surface area contributed by atoms with Gasteiger partial charge in [0.15, 0.2) is 0 Å². The van der Waals surface area contributed by atoms with E-state index in [2.05, 4.69) is 50.0 Å². The molecule has 3 heterocycles. The summed E-state index contributed by atoms with van der Waals surface area (Å²) in [6.07, 6.45) is 6.28. The molecule has 0 radical (unpaired) electrons. The van der Waals surface area contributed by atoms with E-state index in [1.54, 1.807) is 12.1 Å². The van der Waals surface area contributed by atoms with Crippen molar-refractivity contribution in [2.75, 3.05) is 36.8 Å². The second-order valence-corrected chi connectivity index (χ2v) is 11.6. The predicted molar refractivity (Wildman–Crippen MR) is 157 cm³/mol. The molecule has 8 nitrogen and oxygen atoms in total. The van der Waals surface area contributed by atoms with Crippen molar-refractivity contribution in [2.45, 2.75) is 45.4 Å². The Morgan fingerprint density at radius 3 is 2.78 bits per heavy atom. The van der Waals surface area contributed by atoms with Gasteiger partial charge in [0.1, 0.15) is 24.6 Å². The molecule has 0 saturated heterocycles. The Balaban J connectivity index is 1.56. The first kappa shape index (κ1) is 27.8. The van der Waals surface area contributed by atoms with E-state index in [-0.39, 0.29) is 5.56 Å². The van der Waals surface area contributed by atoms with Gasteiger partial charge in [0, 0.05) is 77.4 Å². The van der Waals surface area contributed by atoms with Crippen LogP contribution in [0, 0.1) is 0 Å². The molecular weight excluding hydrogens is 540 g/mol. The number of hydrogen-bond donors (Lipinski definition) is 1. The van der Waals surface area contributed by atoms with Crippen molar-refractivity contribution < 1.29 is 29.3 Å². The Hall–Kier alpha value is -3.37. The number of hydrogen-bond acceptors (Lipinski definition) is 7. The van der Waals surface area contributed by atoms with Crippen molar-refractivity contribution in [1.82, 2.24) is 4.58 Å². The zero-order valence-corrected chi connectivity index (χ0v) is 24.0. The molecule has 0 bridgehead atoms. The third-order valence-corrected chi connectivity index (χ3v) is 8.78. The first-order valence-electron chi connectivity index (χ1n) is 14.4. The number of fused-ring (bicyclic) bond motifs is 4. The molecule has 0 aromatic heterocycles. The molecular formula is C32H34N2O6S. The fraction of sp³-hybridized carbons (Fsp3) is 0.375. The quantitative estimate of drug-likeness (QED) is 0.101. The van der Waals surface area contributed by atoms with Crippen LogP contribution in [0.2, 0.25) is 0 Å². The molecule has 3 aliphatic heterocycles. The zero-order chi connectivity index (χ0) is 28.3. The molecule has 9 heteroatoms. The summed E-state index contributed by atoms with van der Waals surface area (Å²) in [7, 11) is 0. The molecule has 6 rings (SSSR count). The molecule has 0 aliphatic carbocycles. The van der Waals surface area contributed by atoms with Crippen molar-refractivity contribution in [1.29, 1.82) is 0 Å². The molecule has 3 aliphatic rings. The van der Waals surface area contributed by atoms with Gasteiger partial charge in [-0.1, -0.05) is 31.5 Å². The highest BCUT2D eigenvalue weighted by atomic mass is 32.2. The van der Waals surface area contributed by atoms with Gasteiger partial charge in [-0.05, 0) is 48.6 Å². The Kier molecular flexibility index (Phi) is 8.30. The maximum Gasteiger partial charge on any atom is 0.336 e. The Bertz CT molecular complexity index is 1600. The highest BCUT2D eigenvalue weighted by molar-refractivity contribution is 7.94. The topological polar surface area (TPSA) is 94.3 Å². The molecule has 1 N–H and O–H groups in total. The van der Waals surface area contributed by atoms with E-state index in [0.29, 0.717) is 17.9 Å². The average Bonchev–Trinajstić information content (AvgIpc) is 2.99. The Morgan fingerprint density at radius 2 is 1.95 bits per heavy atom. The van der Waals surface area contributed by atoms with Gasteiger partial charge < -0.3 is 20.0 Å². The largest absolute Gasteiger partial charge is 0.691 e. The fourth-order valence-electron chi connectivity index (χ4n) is 6.39. The van der Waals surface area contributed by atoms with Gasteiger partial charge in [0.05, 0.1) is 11.6 Å². The highest BCUT2D eigenvalue weighted by Crippen LogP contribution is 2.42. The van der Waals surface area contributed by atoms with Crippen LogP contribution >= 0.6 is 12.0 Å².